The predicted octanol–water partition coefficient (Wildman–Crippen LogP) is 5.08. The van der Waals surface area contributed by atoms with E-state index in [1.807, 2.05) is 30.3 Å². The van der Waals surface area contributed by atoms with Gasteiger partial charge in [0.1, 0.15) is 5.75 Å². The summed E-state index contributed by atoms with van der Waals surface area (Å²) in [5.41, 5.74) is 1.64. The molecule has 1 aliphatic heterocycles. The van der Waals surface area contributed by atoms with Crippen molar-refractivity contribution in [2.75, 3.05) is 24.5 Å². The zero-order chi connectivity index (χ0) is 22.8. The first kappa shape index (κ1) is 20.4. The summed E-state index contributed by atoms with van der Waals surface area (Å²) in [7, 11) is 1.52. The Kier molecular flexibility index (Phi) is 5.28. The van der Waals surface area contributed by atoms with E-state index in [0.717, 1.165) is 10.8 Å². The number of amides is 2. The van der Waals surface area contributed by atoms with Crippen LogP contribution in [0.1, 0.15) is 20.7 Å². The summed E-state index contributed by atoms with van der Waals surface area (Å²) in [5.74, 6) is 0.910. The van der Waals surface area contributed by atoms with Gasteiger partial charge in [0.15, 0.2) is 11.5 Å². The minimum absolute atomic E-state index is 0.153. The Morgan fingerprint density at radius 2 is 1.45 bits per heavy atom. The SMILES string of the molecule is COc1cc2ccccc2cc1C(=O)Nc1ccccc1C(=O)Nc1ccc2c(c1)OCO2. The van der Waals surface area contributed by atoms with Crippen LogP contribution >= 0.6 is 0 Å². The van der Waals surface area contributed by atoms with E-state index in [0.29, 0.717) is 39.8 Å². The van der Waals surface area contributed by atoms with Gasteiger partial charge < -0.3 is 24.8 Å². The van der Waals surface area contributed by atoms with E-state index in [-0.39, 0.29) is 18.6 Å². The standard InChI is InChI=1S/C26H20N2O5/c1-31-23-13-17-7-3-2-6-16(17)12-20(23)26(30)28-21-9-5-4-8-19(21)25(29)27-18-10-11-22-24(14-18)33-15-32-22/h2-14H,15H2,1H3,(H,27,29)(H,28,30). The van der Waals surface area contributed by atoms with E-state index in [4.69, 9.17) is 14.2 Å². The first-order chi connectivity index (χ1) is 16.1. The Bertz CT molecular complexity index is 1380. The van der Waals surface area contributed by atoms with E-state index in [2.05, 4.69) is 10.6 Å². The molecule has 33 heavy (non-hydrogen) atoms. The van der Waals surface area contributed by atoms with E-state index in [1.165, 1.54) is 7.11 Å². The Balaban J connectivity index is 1.40. The Morgan fingerprint density at radius 1 is 0.758 bits per heavy atom. The van der Waals surface area contributed by atoms with Crippen molar-refractivity contribution in [3.05, 3.63) is 90.0 Å². The Hall–Kier alpha value is -4.52. The number of para-hydroxylation sites is 1. The van der Waals surface area contributed by atoms with Gasteiger partial charge in [0.05, 0.1) is 23.9 Å². The molecule has 4 aromatic rings. The Morgan fingerprint density at radius 3 is 2.27 bits per heavy atom. The van der Waals surface area contributed by atoms with Crippen molar-refractivity contribution >= 4 is 34.0 Å². The zero-order valence-electron chi connectivity index (χ0n) is 17.8. The van der Waals surface area contributed by atoms with Crippen molar-refractivity contribution < 1.29 is 23.8 Å². The lowest BCUT2D eigenvalue weighted by Crippen LogP contribution is -2.18. The Labute approximate surface area is 189 Å². The monoisotopic (exact) mass is 440 g/mol. The van der Waals surface area contributed by atoms with Crippen LogP contribution in [0, 0.1) is 0 Å². The first-order valence-electron chi connectivity index (χ1n) is 10.3. The second-order valence-electron chi connectivity index (χ2n) is 7.42. The van der Waals surface area contributed by atoms with Gasteiger partial charge in [-0.25, -0.2) is 0 Å². The van der Waals surface area contributed by atoms with E-state index >= 15 is 0 Å². The normalized spacial score (nSPS) is 11.8. The average Bonchev–Trinajstić information content (AvgIpc) is 3.31. The summed E-state index contributed by atoms with van der Waals surface area (Å²) in [6, 6.07) is 23.3. The van der Waals surface area contributed by atoms with Crippen LogP contribution in [0.15, 0.2) is 78.9 Å². The molecule has 1 aliphatic rings. The van der Waals surface area contributed by atoms with Gasteiger partial charge in [0.25, 0.3) is 11.8 Å². The van der Waals surface area contributed by atoms with Crippen LogP contribution in [0.3, 0.4) is 0 Å². The molecule has 0 spiro atoms. The van der Waals surface area contributed by atoms with E-state index < -0.39 is 0 Å². The molecule has 0 saturated carbocycles. The molecule has 4 aromatic carbocycles. The largest absolute Gasteiger partial charge is 0.496 e. The summed E-state index contributed by atoms with van der Waals surface area (Å²) in [4.78, 5) is 26.1. The number of benzene rings is 4. The first-order valence-corrected chi connectivity index (χ1v) is 10.3. The highest BCUT2D eigenvalue weighted by Crippen LogP contribution is 2.34. The molecule has 0 atom stereocenters. The molecule has 0 fully saturated rings. The predicted molar refractivity (Wildman–Crippen MR) is 125 cm³/mol. The van der Waals surface area contributed by atoms with Crippen LogP contribution in [-0.2, 0) is 0 Å². The molecule has 0 saturated heterocycles. The van der Waals surface area contributed by atoms with Gasteiger partial charge >= 0.3 is 0 Å². The average molecular weight is 440 g/mol. The topological polar surface area (TPSA) is 85.9 Å². The lowest BCUT2D eigenvalue weighted by Gasteiger charge is -2.14. The third kappa shape index (κ3) is 4.04. The van der Waals surface area contributed by atoms with Crippen molar-refractivity contribution in [2.45, 2.75) is 0 Å². The molecular formula is C26H20N2O5. The summed E-state index contributed by atoms with van der Waals surface area (Å²) >= 11 is 0. The third-order valence-electron chi connectivity index (χ3n) is 5.36. The maximum atomic E-state index is 13.1. The number of hydrogen-bond donors (Lipinski definition) is 2. The minimum Gasteiger partial charge on any atom is -0.496 e. The number of ether oxygens (including phenoxy) is 3. The van der Waals surface area contributed by atoms with Gasteiger partial charge in [-0.1, -0.05) is 36.4 Å². The highest BCUT2D eigenvalue weighted by atomic mass is 16.7. The molecule has 2 amide bonds. The molecular weight excluding hydrogens is 420 g/mol. The number of anilines is 2. The van der Waals surface area contributed by atoms with Crippen LogP contribution in [-0.4, -0.2) is 25.7 Å². The van der Waals surface area contributed by atoms with Gasteiger partial charge in [0, 0.05) is 11.8 Å². The van der Waals surface area contributed by atoms with Crippen molar-refractivity contribution in [1.82, 2.24) is 0 Å². The summed E-state index contributed by atoms with van der Waals surface area (Å²) in [6.07, 6.45) is 0. The molecule has 0 bridgehead atoms. The van der Waals surface area contributed by atoms with E-state index in [1.54, 1.807) is 48.5 Å². The van der Waals surface area contributed by atoms with Crippen molar-refractivity contribution in [3.8, 4) is 17.2 Å². The highest BCUT2D eigenvalue weighted by molar-refractivity contribution is 6.14. The van der Waals surface area contributed by atoms with Crippen LogP contribution in [0.4, 0.5) is 11.4 Å². The maximum absolute atomic E-state index is 13.1. The molecule has 0 unspecified atom stereocenters. The number of nitrogens with one attached hydrogen (secondary N) is 2. The quantitative estimate of drug-likeness (QED) is 0.452. The molecule has 0 aliphatic carbocycles. The van der Waals surface area contributed by atoms with E-state index in [9.17, 15) is 9.59 Å². The molecule has 1 heterocycles. The highest BCUT2D eigenvalue weighted by Gasteiger charge is 2.19. The van der Waals surface area contributed by atoms with Crippen LogP contribution in [0.5, 0.6) is 17.2 Å². The molecule has 5 rings (SSSR count). The number of fused-ring (bicyclic) bond motifs is 2. The fraction of sp³-hybridized carbons (Fsp3) is 0.0769. The molecule has 0 radical (unpaired) electrons. The summed E-state index contributed by atoms with van der Waals surface area (Å²) in [5, 5.41) is 7.57. The molecule has 7 nitrogen and oxygen atoms in total. The van der Waals surface area contributed by atoms with Crippen LogP contribution in [0.25, 0.3) is 10.8 Å². The van der Waals surface area contributed by atoms with Gasteiger partial charge in [-0.15, -0.1) is 0 Å². The third-order valence-corrected chi connectivity index (χ3v) is 5.36. The maximum Gasteiger partial charge on any atom is 0.259 e. The number of rotatable bonds is 5. The van der Waals surface area contributed by atoms with Crippen molar-refractivity contribution in [3.63, 3.8) is 0 Å². The fourth-order valence-corrected chi connectivity index (χ4v) is 3.72. The molecule has 7 heteroatoms. The van der Waals surface area contributed by atoms with Gasteiger partial charge in [-0.3, -0.25) is 9.59 Å². The number of hydrogen-bond acceptors (Lipinski definition) is 5. The van der Waals surface area contributed by atoms with Gasteiger partial charge in [0.2, 0.25) is 6.79 Å². The lowest BCUT2D eigenvalue weighted by molar-refractivity contribution is 0.102. The zero-order valence-corrected chi connectivity index (χ0v) is 17.8. The van der Waals surface area contributed by atoms with Crippen molar-refractivity contribution in [1.29, 1.82) is 0 Å². The fourth-order valence-electron chi connectivity index (χ4n) is 3.72. The van der Waals surface area contributed by atoms with Crippen LogP contribution in [0.2, 0.25) is 0 Å². The molecule has 164 valence electrons. The minimum atomic E-state index is -0.374. The number of carbonyl (C=O) groups is 2. The number of methoxy groups -OCH3 is 1. The van der Waals surface area contributed by atoms with Gasteiger partial charge in [-0.05, 0) is 47.2 Å². The summed E-state index contributed by atoms with van der Waals surface area (Å²) in [6.45, 7) is 0.153. The number of carbonyl (C=O) groups excluding carboxylic acids is 2. The van der Waals surface area contributed by atoms with Gasteiger partial charge in [-0.2, -0.15) is 0 Å². The second kappa shape index (κ2) is 8.55. The smallest absolute Gasteiger partial charge is 0.259 e. The van der Waals surface area contributed by atoms with Crippen LogP contribution < -0.4 is 24.8 Å². The molecule has 2 N–H and O–H groups in total. The second-order valence-corrected chi connectivity index (χ2v) is 7.42. The summed E-state index contributed by atoms with van der Waals surface area (Å²) < 4.78 is 16.1. The van der Waals surface area contributed by atoms with Crippen molar-refractivity contribution in [2.24, 2.45) is 0 Å². The molecule has 0 aromatic heterocycles. The lowest BCUT2D eigenvalue weighted by atomic mass is 10.0.